The van der Waals surface area contributed by atoms with Crippen LogP contribution < -0.4 is 11.5 Å². The van der Waals surface area contributed by atoms with Gasteiger partial charge in [-0.2, -0.15) is 5.26 Å². The molecule has 0 spiro atoms. The van der Waals surface area contributed by atoms with Crippen LogP contribution in [0.4, 0.5) is 5.69 Å². The van der Waals surface area contributed by atoms with E-state index in [0.29, 0.717) is 12.1 Å². The van der Waals surface area contributed by atoms with Crippen LogP contribution in [0.15, 0.2) is 18.2 Å². The average Bonchev–Trinajstić information content (AvgIpc) is 2.09. The van der Waals surface area contributed by atoms with E-state index in [9.17, 15) is 0 Å². The SMILES string of the molecule is N#CCC(N)c1cc(I)ccc1N. The molecule has 0 saturated heterocycles. The van der Waals surface area contributed by atoms with Gasteiger partial charge in [-0.1, -0.05) is 0 Å². The zero-order valence-corrected chi connectivity index (χ0v) is 9.15. The summed E-state index contributed by atoms with van der Waals surface area (Å²) in [5.41, 5.74) is 13.0. The van der Waals surface area contributed by atoms with Crippen LogP contribution in [0.1, 0.15) is 18.0 Å². The third kappa shape index (κ3) is 2.57. The summed E-state index contributed by atoms with van der Waals surface area (Å²) in [6.07, 6.45) is 0.296. The average molecular weight is 287 g/mol. The fourth-order valence-electron chi connectivity index (χ4n) is 1.08. The van der Waals surface area contributed by atoms with Gasteiger partial charge < -0.3 is 11.5 Å². The number of rotatable bonds is 2. The Kier molecular flexibility index (Phi) is 3.51. The highest BCUT2D eigenvalue weighted by molar-refractivity contribution is 14.1. The Balaban J connectivity index is 3.00. The number of nitrogen functional groups attached to an aromatic ring is 1. The van der Waals surface area contributed by atoms with Crippen LogP contribution in [-0.2, 0) is 0 Å². The zero-order chi connectivity index (χ0) is 9.84. The van der Waals surface area contributed by atoms with E-state index < -0.39 is 0 Å². The molecule has 0 bridgehead atoms. The molecule has 4 N–H and O–H groups in total. The molecule has 0 amide bonds. The van der Waals surface area contributed by atoms with E-state index in [0.717, 1.165) is 9.13 Å². The minimum absolute atomic E-state index is 0.278. The Morgan fingerprint density at radius 1 is 1.54 bits per heavy atom. The number of nitrogens with zero attached hydrogens (tertiary/aromatic N) is 1. The van der Waals surface area contributed by atoms with Crippen molar-refractivity contribution in [3.8, 4) is 6.07 Å². The van der Waals surface area contributed by atoms with Crippen molar-refractivity contribution in [1.82, 2.24) is 0 Å². The zero-order valence-electron chi connectivity index (χ0n) is 7.00. The van der Waals surface area contributed by atoms with E-state index in [1.807, 2.05) is 24.3 Å². The van der Waals surface area contributed by atoms with Crippen LogP contribution in [0.3, 0.4) is 0 Å². The van der Waals surface area contributed by atoms with Crippen molar-refractivity contribution in [3.05, 3.63) is 27.3 Å². The van der Waals surface area contributed by atoms with Gasteiger partial charge >= 0.3 is 0 Å². The standard InChI is InChI=1S/C9H10IN3/c10-6-1-2-8(12)7(5-6)9(13)3-4-11/h1-2,5,9H,3,12-13H2. The number of anilines is 1. The Hall–Kier alpha value is -0.800. The van der Waals surface area contributed by atoms with Crippen LogP contribution in [0, 0.1) is 14.9 Å². The lowest BCUT2D eigenvalue weighted by molar-refractivity contribution is 0.750. The van der Waals surface area contributed by atoms with Gasteiger partial charge in [0.25, 0.3) is 0 Å². The number of benzene rings is 1. The largest absolute Gasteiger partial charge is 0.398 e. The van der Waals surface area contributed by atoms with Crippen LogP contribution >= 0.6 is 22.6 Å². The first-order valence-corrected chi connectivity index (χ1v) is 4.90. The van der Waals surface area contributed by atoms with E-state index in [1.165, 1.54) is 0 Å². The second-order valence-electron chi connectivity index (χ2n) is 2.74. The quantitative estimate of drug-likeness (QED) is 0.643. The molecule has 1 aromatic rings. The molecular weight excluding hydrogens is 277 g/mol. The highest BCUT2D eigenvalue weighted by Crippen LogP contribution is 2.22. The third-order valence-electron chi connectivity index (χ3n) is 1.76. The summed E-state index contributed by atoms with van der Waals surface area (Å²) in [5, 5.41) is 8.49. The van der Waals surface area contributed by atoms with Gasteiger partial charge in [0.1, 0.15) is 0 Å². The summed E-state index contributed by atoms with van der Waals surface area (Å²) >= 11 is 2.19. The molecule has 0 aliphatic carbocycles. The molecule has 4 heteroatoms. The molecule has 0 radical (unpaired) electrons. The highest BCUT2D eigenvalue weighted by Gasteiger charge is 2.08. The minimum Gasteiger partial charge on any atom is -0.398 e. The van der Waals surface area contributed by atoms with Crippen LogP contribution in [-0.4, -0.2) is 0 Å². The summed E-state index contributed by atoms with van der Waals surface area (Å²) in [4.78, 5) is 0. The molecule has 0 saturated carbocycles. The number of hydrogen-bond donors (Lipinski definition) is 2. The molecule has 0 aromatic heterocycles. The number of halogens is 1. The van der Waals surface area contributed by atoms with Crippen LogP contribution in [0.5, 0.6) is 0 Å². The molecule has 0 aliphatic heterocycles. The second kappa shape index (κ2) is 4.44. The lowest BCUT2D eigenvalue weighted by atomic mass is 10.0. The molecule has 0 aliphatic rings. The third-order valence-corrected chi connectivity index (χ3v) is 2.43. The van der Waals surface area contributed by atoms with E-state index in [1.54, 1.807) is 0 Å². The Bertz CT molecular complexity index is 343. The number of hydrogen-bond acceptors (Lipinski definition) is 3. The van der Waals surface area contributed by atoms with Crippen molar-refractivity contribution in [2.45, 2.75) is 12.5 Å². The van der Waals surface area contributed by atoms with Crippen molar-refractivity contribution in [3.63, 3.8) is 0 Å². The van der Waals surface area contributed by atoms with E-state index in [-0.39, 0.29) is 6.04 Å². The molecule has 1 rings (SSSR count). The monoisotopic (exact) mass is 287 g/mol. The summed E-state index contributed by atoms with van der Waals surface area (Å²) < 4.78 is 1.08. The Morgan fingerprint density at radius 3 is 2.85 bits per heavy atom. The highest BCUT2D eigenvalue weighted by atomic mass is 127. The minimum atomic E-state index is -0.278. The maximum Gasteiger partial charge on any atom is 0.0641 e. The van der Waals surface area contributed by atoms with Gasteiger partial charge in [0.15, 0.2) is 0 Å². The van der Waals surface area contributed by atoms with Crippen molar-refractivity contribution < 1.29 is 0 Å². The lowest BCUT2D eigenvalue weighted by Crippen LogP contribution is -2.11. The van der Waals surface area contributed by atoms with E-state index >= 15 is 0 Å². The molecule has 13 heavy (non-hydrogen) atoms. The molecule has 68 valence electrons. The summed E-state index contributed by atoms with van der Waals surface area (Å²) in [7, 11) is 0. The summed E-state index contributed by atoms with van der Waals surface area (Å²) in [6, 6.07) is 7.40. The normalized spacial score (nSPS) is 12.1. The molecule has 1 aromatic carbocycles. The molecule has 3 nitrogen and oxygen atoms in total. The maximum atomic E-state index is 8.49. The molecule has 0 fully saturated rings. The van der Waals surface area contributed by atoms with Crippen LogP contribution in [0.2, 0.25) is 0 Å². The lowest BCUT2D eigenvalue weighted by Gasteiger charge is -2.11. The van der Waals surface area contributed by atoms with Gasteiger partial charge in [-0.25, -0.2) is 0 Å². The molecule has 1 unspecified atom stereocenters. The topological polar surface area (TPSA) is 75.8 Å². The first-order valence-electron chi connectivity index (χ1n) is 3.82. The second-order valence-corrected chi connectivity index (χ2v) is 3.99. The van der Waals surface area contributed by atoms with E-state index in [2.05, 4.69) is 22.6 Å². The maximum absolute atomic E-state index is 8.49. The fourth-order valence-corrected chi connectivity index (χ4v) is 1.59. The Morgan fingerprint density at radius 2 is 2.23 bits per heavy atom. The predicted octanol–water partition coefficient (Wildman–Crippen LogP) is 1.79. The summed E-state index contributed by atoms with van der Waals surface area (Å²) in [5.74, 6) is 0. The van der Waals surface area contributed by atoms with Gasteiger partial charge in [-0.05, 0) is 46.4 Å². The first-order chi connectivity index (χ1) is 6.15. The fraction of sp³-hybridized carbons (Fsp3) is 0.222. The van der Waals surface area contributed by atoms with E-state index in [4.69, 9.17) is 16.7 Å². The van der Waals surface area contributed by atoms with Gasteiger partial charge in [0.05, 0.1) is 12.5 Å². The summed E-state index contributed by atoms with van der Waals surface area (Å²) in [6.45, 7) is 0. The Labute approximate surface area is 90.9 Å². The smallest absolute Gasteiger partial charge is 0.0641 e. The van der Waals surface area contributed by atoms with Crippen molar-refractivity contribution in [1.29, 1.82) is 5.26 Å². The molecule has 0 heterocycles. The van der Waals surface area contributed by atoms with Gasteiger partial charge in [-0.3, -0.25) is 0 Å². The molecular formula is C9H10IN3. The van der Waals surface area contributed by atoms with Gasteiger partial charge in [0, 0.05) is 15.3 Å². The van der Waals surface area contributed by atoms with Gasteiger partial charge in [0.2, 0.25) is 0 Å². The number of nitrogens with two attached hydrogens (primary N) is 2. The molecule has 1 atom stereocenters. The van der Waals surface area contributed by atoms with Crippen LogP contribution in [0.25, 0.3) is 0 Å². The predicted molar refractivity (Wildman–Crippen MR) is 60.7 cm³/mol. The van der Waals surface area contributed by atoms with Crippen molar-refractivity contribution >= 4 is 28.3 Å². The first kappa shape index (κ1) is 10.3. The van der Waals surface area contributed by atoms with Gasteiger partial charge in [-0.15, -0.1) is 0 Å². The number of nitriles is 1. The van der Waals surface area contributed by atoms with Crippen molar-refractivity contribution in [2.24, 2.45) is 5.73 Å². The van der Waals surface area contributed by atoms with Crippen molar-refractivity contribution in [2.75, 3.05) is 5.73 Å².